The van der Waals surface area contributed by atoms with Crippen LogP contribution in [0.1, 0.15) is 6.23 Å². The lowest BCUT2D eigenvalue weighted by atomic mass is 10.1. The third-order valence-corrected chi connectivity index (χ3v) is 3.52. The minimum atomic E-state index is -1.35. The number of nitrogens with zero attached hydrogens (tertiary/aromatic N) is 4. The number of pyridine rings is 1. The predicted molar refractivity (Wildman–Crippen MR) is 71.6 cm³/mol. The number of anilines is 1. The smallest absolute Gasteiger partial charge is 0.368 e. The minimum absolute atomic E-state index is 0.0431. The molecule has 11 heteroatoms. The van der Waals surface area contributed by atoms with E-state index in [1.165, 1.54) is 10.9 Å². The van der Waals surface area contributed by atoms with Crippen molar-refractivity contribution in [3.8, 4) is 0 Å². The second kappa shape index (κ2) is 5.14. The number of hydrogen-bond acceptors (Lipinski definition) is 9. The van der Waals surface area contributed by atoms with Gasteiger partial charge >= 0.3 is 5.82 Å². The number of aliphatic hydroxyl groups is 3. The van der Waals surface area contributed by atoms with Crippen LogP contribution in [0.2, 0.25) is 0 Å². The average Bonchev–Trinajstić information content (AvgIpc) is 3.02. The second-order valence-corrected chi connectivity index (χ2v) is 4.88. The van der Waals surface area contributed by atoms with Crippen molar-refractivity contribution in [1.29, 1.82) is 0 Å². The molecule has 4 unspecified atom stereocenters. The molecule has 0 amide bonds. The predicted octanol–water partition coefficient (Wildman–Crippen LogP) is -1.47. The lowest BCUT2D eigenvalue weighted by molar-refractivity contribution is -0.389. The van der Waals surface area contributed by atoms with E-state index in [4.69, 9.17) is 15.6 Å². The van der Waals surface area contributed by atoms with Gasteiger partial charge in [0.2, 0.25) is 0 Å². The molecule has 1 aliphatic heterocycles. The van der Waals surface area contributed by atoms with Gasteiger partial charge in [-0.3, -0.25) is 4.57 Å². The first kappa shape index (κ1) is 14.6. The van der Waals surface area contributed by atoms with Crippen LogP contribution >= 0.6 is 0 Å². The Labute approximate surface area is 122 Å². The summed E-state index contributed by atoms with van der Waals surface area (Å²) in [7, 11) is 0. The van der Waals surface area contributed by atoms with Crippen molar-refractivity contribution in [1.82, 2.24) is 14.5 Å². The van der Waals surface area contributed by atoms with Gasteiger partial charge in [0, 0.05) is 0 Å². The molecule has 1 saturated heterocycles. The molecule has 2 aromatic rings. The summed E-state index contributed by atoms with van der Waals surface area (Å²) < 4.78 is 6.59. The quantitative estimate of drug-likeness (QED) is 0.390. The third kappa shape index (κ3) is 2.07. The zero-order chi connectivity index (χ0) is 16.0. The normalized spacial score (nSPS) is 28.3. The van der Waals surface area contributed by atoms with Gasteiger partial charge in [0.1, 0.15) is 24.6 Å². The highest BCUT2D eigenvalue weighted by molar-refractivity contribution is 5.85. The van der Waals surface area contributed by atoms with Gasteiger partial charge in [-0.15, -0.1) is 0 Å². The molecule has 0 radical (unpaired) electrons. The van der Waals surface area contributed by atoms with Crippen molar-refractivity contribution in [3.05, 3.63) is 22.5 Å². The lowest BCUT2D eigenvalue weighted by Crippen LogP contribution is -2.33. The van der Waals surface area contributed by atoms with Crippen LogP contribution in [-0.2, 0) is 4.74 Å². The third-order valence-electron chi connectivity index (χ3n) is 3.52. The molecular formula is C11H13N5O6. The molecule has 0 saturated carbocycles. The molecule has 4 atom stereocenters. The van der Waals surface area contributed by atoms with Gasteiger partial charge in [-0.2, -0.15) is 0 Å². The van der Waals surface area contributed by atoms with Crippen molar-refractivity contribution < 1.29 is 25.0 Å². The number of aliphatic hydroxyl groups excluding tert-OH is 3. The van der Waals surface area contributed by atoms with Crippen LogP contribution in [0.5, 0.6) is 0 Å². The molecule has 0 spiro atoms. The lowest BCUT2D eigenvalue weighted by Gasteiger charge is -2.15. The number of ether oxygens (including phenoxy) is 1. The first-order valence-electron chi connectivity index (χ1n) is 6.34. The van der Waals surface area contributed by atoms with Crippen molar-refractivity contribution in [2.75, 3.05) is 12.3 Å². The maximum atomic E-state index is 10.9. The zero-order valence-electron chi connectivity index (χ0n) is 11.1. The molecule has 118 valence electrons. The fraction of sp³-hybridized carbons (Fsp3) is 0.455. The largest absolute Gasteiger partial charge is 0.397 e. The standard InChI is InChI=1S/C11H13N5O6/c12-4-1-6(16(20)21)14-10-7(4)13-3-15(10)11-9(19)8(18)5(2-17)22-11/h1,3,5,8-9,11,17-19H,2H2,(H2,12,14). The van der Waals surface area contributed by atoms with E-state index < -0.39 is 41.9 Å². The molecule has 5 N–H and O–H groups in total. The fourth-order valence-corrected chi connectivity index (χ4v) is 2.41. The summed E-state index contributed by atoms with van der Waals surface area (Å²) in [5.41, 5.74) is 6.02. The number of fused-ring (bicyclic) bond motifs is 1. The van der Waals surface area contributed by atoms with E-state index in [-0.39, 0.29) is 16.9 Å². The first-order valence-corrected chi connectivity index (χ1v) is 6.34. The Bertz CT molecular complexity index is 733. The molecular weight excluding hydrogens is 298 g/mol. The molecule has 22 heavy (non-hydrogen) atoms. The van der Waals surface area contributed by atoms with E-state index in [9.17, 15) is 20.3 Å². The number of imidazole rings is 1. The van der Waals surface area contributed by atoms with E-state index in [1.807, 2.05) is 0 Å². The SMILES string of the molecule is Nc1cc([N+](=O)[O-])nc2c1ncn2C1OC(CO)C(O)C1O. The van der Waals surface area contributed by atoms with E-state index in [0.29, 0.717) is 0 Å². The molecule has 3 rings (SSSR count). The maximum absolute atomic E-state index is 10.9. The number of hydrogen-bond donors (Lipinski definition) is 4. The van der Waals surface area contributed by atoms with Crippen LogP contribution in [0.3, 0.4) is 0 Å². The Morgan fingerprint density at radius 3 is 2.77 bits per heavy atom. The van der Waals surface area contributed by atoms with Gasteiger partial charge in [0.25, 0.3) is 5.65 Å². The van der Waals surface area contributed by atoms with Crippen LogP contribution in [0.15, 0.2) is 12.4 Å². The van der Waals surface area contributed by atoms with E-state index >= 15 is 0 Å². The number of nitrogens with two attached hydrogens (primary N) is 1. The monoisotopic (exact) mass is 311 g/mol. The number of nitrogen functional groups attached to an aromatic ring is 1. The molecule has 0 bridgehead atoms. The van der Waals surface area contributed by atoms with Gasteiger partial charge in [0.05, 0.1) is 18.4 Å². The summed E-state index contributed by atoms with van der Waals surface area (Å²) in [5, 5.41) is 39.8. The summed E-state index contributed by atoms with van der Waals surface area (Å²) in [4.78, 5) is 18.0. The highest BCUT2D eigenvalue weighted by Crippen LogP contribution is 2.33. The molecule has 1 aliphatic rings. The van der Waals surface area contributed by atoms with E-state index in [2.05, 4.69) is 9.97 Å². The fourth-order valence-electron chi connectivity index (χ4n) is 2.41. The molecule has 0 aromatic carbocycles. The highest BCUT2D eigenvalue weighted by Gasteiger charge is 2.44. The van der Waals surface area contributed by atoms with Crippen LogP contribution < -0.4 is 5.73 Å². The van der Waals surface area contributed by atoms with Crippen molar-refractivity contribution in [2.45, 2.75) is 24.5 Å². The number of aromatic nitrogens is 3. The second-order valence-electron chi connectivity index (χ2n) is 4.88. The van der Waals surface area contributed by atoms with Gasteiger partial charge < -0.3 is 35.9 Å². The van der Waals surface area contributed by atoms with Gasteiger partial charge in [0.15, 0.2) is 11.7 Å². The maximum Gasteiger partial charge on any atom is 0.368 e. The van der Waals surface area contributed by atoms with Crippen molar-refractivity contribution >= 4 is 22.7 Å². The Hall–Kier alpha value is -2.34. The Balaban J connectivity index is 2.10. The summed E-state index contributed by atoms with van der Waals surface area (Å²) in [5.74, 6) is -0.474. The Kier molecular flexibility index (Phi) is 3.41. The summed E-state index contributed by atoms with van der Waals surface area (Å²) >= 11 is 0. The van der Waals surface area contributed by atoms with Crippen molar-refractivity contribution in [3.63, 3.8) is 0 Å². The minimum Gasteiger partial charge on any atom is -0.397 e. The van der Waals surface area contributed by atoms with E-state index in [0.717, 1.165) is 6.07 Å². The van der Waals surface area contributed by atoms with Crippen LogP contribution in [-0.4, -0.2) is 59.7 Å². The molecule has 2 aromatic heterocycles. The molecule has 1 fully saturated rings. The van der Waals surface area contributed by atoms with Gasteiger partial charge in [-0.1, -0.05) is 0 Å². The molecule has 0 aliphatic carbocycles. The summed E-state index contributed by atoms with van der Waals surface area (Å²) in [6, 6.07) is 1.08. The summed E-state index contributed by atoms with van der Waals surface area (Å²) in [6.45, 7) is -0.489. The zero-order valence-corrected chi connectivity index (χ0v) is 11.1. The highest BCUT2D eigenvalue weighted by atomic mass is 16.6. The average molecular weight is 311 g/mol. The number of nitro groups is 1. The number of rotatable bonds is 3. The van der Waals surface area contributed by atoms with Crippen LogP contribution in [0.25, 0.3) is 11.2 Å². The molecule has 3 heterocycles. The molecule has 11 nitrogen and oxygen atoms in total. The Morgan fingerprint density at radius 2 is 2.18 bits per heavy atom. The Morgan fingerprint density at radius 1 is 1.45 bits per heavy atom. The van der Waals surface area contributed by atoms with E-state index in [1.54, 1.807) is 0 Å². The van der Waals surface area contributed by atoms with Crippen molar-refractivity contribution in [2.24, 2.45) is 0 Å². The van der Waals surface area contributed by atoms with Crippen LogP contribution in [0, 0.1) is 10.1 Å². The van der Waals surface area contributed by atoms with Gasteiger partial charge in [-0.25, -0.2) is 4.98 Å². The van der Waals surface area contributed by atoms with Gasteiger partial charge in [-0.05, 0) is 9.91 Å². The summed E-state index contributed by atoms with van der Waals surface area (Å²) in [6.07, 6.45) is -3.47. The first-order chi connectivity index (χ1) is 10.4. The topological polar surface area (TPSA) is 170 Å². The van der Waals surface area contributed by atoms with Crippen LogP contribution in [0.4, 0.5) is 11.5 Å².